The Balaban J connectivity index is 1.19. The minimum Gasteiger partial charge on any atom is -0.456 e. The van der Waals surface area contributed by atoms with Gasteiger partial charge in [0, 0.05) is 12.0 Å². The van der Waals surface area contributed by atoms with E-state index in [1.807, 2.05) is 43.3 Å². The van der Waals surface area contributed by atoms with E-state index in [1.54, 1.807) is 6.08 Å². The monoisotopic (exact) mass is 466 g/mol. The van der Waals surface area contributed by atoms with Gasteiger partial charge in [0.2, 0.25) is 0 Å². The lowest BCUT2D eigenvalue weighted by molar-refractivity contribution is -0.321. The molecule has 0 N–H and O–H groups in total. The minimum atomic E-state index is -0.346. The van der Waals surface area contributed by atoms with Crippen LogP contribution < -0.4 is 0 Å². The zero-order valence-electron chi connectivity index (χ0n) is 18.9. The Morgan fingerprint density at radius 3 is 2.52 bits per heavy atom. The molecule has 2 aromatic rings. The Kier molecular flexibility index (Phi) is 8.46. The molecular weight excluding hydrogens is 435 g/mol. The number of esters is 1. The minimum absolute atomic E-state index is 0.138. The summed E-state index contributed by atoms with van der Waals surface area (Å²) in [5, 5.41) is 0. The Morgan fingerprint density at radius 2 is 1.76 bits per heavy atom. The van der Waals surface area contributed by atoms with Gasteiger partial charge in [-0.3, -0.25) is 0 Å². The zero-order chi connectivity index (χ0) is 23.0. The second-order valence-electron chi connectivity index (χ2n) is 8.53. The van der Waals surface area contributed by atoms with Crippen molar-refractivity contribution in [3.63, 3.8) is 0 Å². The first-order chi connectivity index (χ1) is 16.1. The highest BCUT2D eigenvalue weighted by molar-refractivity contribution is 7.15. The van der Waals surface area contributed by atoms with Crippen LogP contribution in [0.3, 0.4) is 0 Å². The van der Waals surface area contributed by atoms with Crippen LogP contribution in [0.1, 0.15) is 35.1 Å². The van der Waals surface area contributed by atoms with Crippen LogP contribution in [0.5, 0.6) is 0 Å². The molecular formula is C27H31O5P. The molecule has 0 spiro atoms. The normalized spacial score (nSPS) is 24.5. The highest BCUT2D eigenvalue weighted by atomic mass is 31.0. The molecule has 2 fully saturated rings. The van der Waals surface area contributed by atoms with Gasteiger partial charge < -0.3 is 9.47 Å². The molecule has 5 nitrogen and oxygen atoms in total. The number of carbonyl (C=O) groups is 1. The standard InChI is InChI=1S/C27H31O5P/c1-19-4-6-21(7-5-19)12-15-26(28)31-24-14-13-23-25(17-29-27(23)24)32-30-16-2-3-20-8-10-22(18-33)11-9-20/h2-12,15,23-25,27H,13-14,16-18,33H2,1H3/b3-2+,15-12-/t23-,24?,25+,27+/m1/s1. The van der Waals surface area contributed by atoms with Gasteiger partial charge in [-0.15, -0.1) is 9.24 Å². The predicted molar refractivity (Wildman–Crippen MR) is 132 cm³/mol. The molecule has 1 aliphatic heterocycles. The van der Waals surface area contributed by atoms with Gasteiger partial charge in [0.05, 0.1) is 6.61 Å². The van der Waals surface area contributed by atoms with E-state index in [-0.39, 0.29) is 30.2 Å². The van der Waals surface area contributed by atoms with Crippen LogP contribution in [0.2, 0.25) is 0 Å². The third kappa shape index (κ3) is 6.61. The van der Waals surface area contributed by atoms with Crippen molar-refractivity contribution < 1.29 is 24.0 Å². The molecule has 33 heavy (non-hydrogen) atoms. The van der Waals surface area contributed by atoms with Gasteiger partial charge in [0.15, 0.2) is 0 Å². The largest absolute Gasteiger partial charge is 0.456 e. The van der Waals surface area contributed by atoms with Crippen LogP contribution in [0, 0.1) is 12.8 Å². The summed E-state index contributed by atoms with van der Waals surface area (Å²) < 4.78 is 11.6. The molecule has 2 unspecified atom stereocenters. The molecule has 0 radical (unpaired) electrons. The van der Waals surface area contributed by atoms with Gasteiger partial charge in [0.1, 0.15) is 24.9 Å². The summed E-state index contributed by atoms with van der Waals surface area (Å²) in [7, 11) is 2.72. The summed E-state index contributed by atoms with van der Waals surface area (Å²) in [6.45, 7) is 2.84. The van der Waals surface area contributed by atoms with Crippen LogP contribution in [0.4, 0.5) is 0 Å². The first kappa shape index (κ1) is 23.8. The van der Waals surface area contributed by atoms with Crippen molar-refractivity contribution in [2.45, 2.75) is 44.2 Å². The van der Waals surface area contributed by atoms with E-state index in [1.165, 1.54) is 17.2 Å². The third-order valence-corrected chi connectivity index (χ3v) is 6.61. The molecule has 1 heterocycles. The van der Waals surface area contributed by atoms with Crippen molar-refractivity contribution in [2.24, 2.45) is 5.92 Å². The molecule has 0 amide bonds. The fraction of sp³-hybridized carbons (Fsp3) is 0.370. The SMILES string of the molecule is Cc1ccc(/C=C\C(=O)OC2CC[C@@H]3[C@@H](OOC/C=C/c4ccc(CP)cc4)CO[C@H]23)cc1. The zero-order valence-corrected chi connectivity index (χ0v) is 20.0. The molecule has 1 aliphatic carbocycles. The molecule has 174 valence electrons. The van der Waals surface area contributed by atoms with E-state index in [0.717, 1.165) is 30.1 Å². The van der Waals surface area contributed by atoms with Gasteiger partial charge in [-0.2, -0.15) is 0 Å². The van der Waals surface area contributed by atoms with Gasteiger partial charge in [0.25, 0.3) is 0 Å². The van der Waals surface area contributed by atoms with Gasteiger partial charge in [-0.1, -0.05) is 66.2 Å². The van der Waals surface area contributed by atoms with Gasteiger partial charge in [-0.05, 0) is 48.7 Å². The third-order valence-electron chi connectivity index (χ3n) is 6.14. The van der Waals surface area contributed by atoms with Crippen LogP contribution in [-0.4, -0.2) is 37.5 Å². The maximum Gasteiger partial charge on any atom is 0.331 e. The molecule has 6 heteroatoms. The fourth-order valence-electron chi connectivity index (χ4n) is 4.29. The smallest absolute Gasteiger partial charge is 0.331 e. The highest BCUT2D eigenvalue weighted by Gasteiger charge is 2.49. The Hall–Kier alpha value is -2.30. The maximum atomic E-state index is 12.3. The van der Waals surface area contributed by atoms with Crippen molar-refractivity contribution >= 4 is 27.4 Å². The lowest BCUT2D eigenvalue weighted by atomic mass is 10.0. The number of hydrogen-bond acceptors (Lipinski definition) is 5. The maximum absolute atomic E-state index is 12.3. The second kappa shape index (κ2) is 11.7. The van der Waals surface area contributed by atoms with Crippen LogP contribution in [0.15, 0.2) is 60.7 Å². The number of hydrogen-bond donors (Lipinski definition) is 0. The number of carbonyl (C=O) groups excluding carboxylic acids is 1. The summed E-state index contributed by atoms with van der Waals surface area (Å²) >= 11 is 0. The second-order valence-corrected chi connectivity index (χ2v) is 8.93. The molecule has 4 rings (SSSR count). The predicted octanol–water partition coefficient (Wildman–Crippen LogP) is 5.13. The van der Waals surface area contributed by atoms with E-state index >= 15 is 0 Å². The van der Waals surface area contributed by atoms with Crippen molar-refractivity contribution in [3.8, 4) is 0 Å². The van der Waals surface area contributed by atoms with Crippen molar-refractivity contribution in [1.29, 1.82) is 0 Å². The number of ether oxygens (including phenoxy) is 2. The number of fused-ring (bicyclic) bond motifs is 1. The average Bonchev–Trinajstić information content (AvgIpc) is 3.42. The number of aryl methyl sites for hydroxylation is 1. The number of rotatable bonds is 9. The average molecular weight is 467 g/mol. The van der Waals surface area contributed by atoms with E-state index in [4.69, 9.17) is 19.2 Å². The van der Waals surface area contributed by atoms with Crippen molar-refractivity contribution in [2.75, 3.05) is 13.2 Å². The van der Waals surface area contributed by atoms with Crippen LogP contribution in [-0.2, 0) is 30.2 Å². The van der Waals surface area contributed by atoms with E-state index in [2.05, 4.69) is 33.5 Å². The van der Waals surface area contributed by atoms with E-state index < -0.39 is 0 Å². The molecule has 5 atom stereocenters. The summed E-state index contributed by atoms with van der Waals surface area (Å²) in [4.78, 5) is 23.3. The van der Waals surface area contributed by atoms with Crippen molar-refractivity contribution in [3.05, 3.63) is 82.9 Å². The molecule has 1 saturated carbocycles. The quantitative estimate of drug-likeness (QED) is 0.128. The van der Waals surface area contributed by atoms with Crippen LogP contribution in [0.25, 0.3) is 12.2 Å². The van der Waals surface area contributed by atoms with Crippen LogP contribution >= 0.6 is 9.24 Å². The van der Waals surface area contributed by atoms with Crippen molar-refractivity contribution in [1.82, 2.24) is 0 Å². The Labute approximate surface area is 197 Å². The molecule has 2 aromatic carbocycles. The lowest BCUT2D eigenvalue weighted by Gasteiger charge is -2.18. The topological polar surface area (TPSA) is 54.0 Å². The Morgan fingerprint density at radius 1 is 1.03 bits per heavy atom. The summed E-state index contributed by atoms with van der Waals surface area (Å²) in [6.07, 6.45) is 9.28. The summed E-state index contributed by atoms with van der Waals surface area (Å²) in [5.74, 6) is -0.173. The molecule has 1 saturated heterocycles. The number of benzene rings is 2. The Bertz CT molecular complexity index is 967. The van der Waals surface area contributed by atoms with E-state index in [0.29, 0.717) is 13.2 Å². The molecule has 2 aliphatic rings. The van der Waals surface area contributed by atoms with E-state index in [9.17, 15) is 4.79 Å². The summed E-state index contributed by atoms with van der Waals surface area (Å²) in [5.41, 5.74) is 4.57. The summed E-state index contributed by atoms with van der Waals surface area (Å²) in [6, 6.07) is 16.4. The molecule has 0 aromatic heterocycles. The first-order valence-electron chi connectivity index (χ1n) is 11.4. The van der Waals surface area contributed by atoms with Gasteiger partial charge >= 0.3 is 5.97 Å². The van der Waals surface area contributed by atoms with Gasteiger partial charge in [-0.25, -0.2) is 14.6 Å². The fourth-order valence-corrected chi connectivity index (χ4v) is 4.56. The lowest BCUT2D eigenvalue weighted by Crippen LogP contribution is -2.30. The highest BCUT2D eigenvalue weighted by Crippen LogP contribution is 2.39. The molecule has 0 bridgehead atoms. The first-order valence-corrected chi connectivity index (χ1v) is 12.2.